The predicted octanol–water partition coefficient (Wildman–Crippen LogP) is 4.51. The van der Waals surface area contributed by atoms with Crippen molar-refractivity contribution in [3.8, 4) is 5.88 Å². The third kappa shape index (κ3) is 4.44. The molecule has 0 saturated carbocycles. The van der Waals surface area contributed by atoms with E-state index in [9.17, 15) is 18.0 Å². The van der Waals surface area contributed by atoms with E-state index in [1.54, 1.807) is 20.8 Å². The van der Waals surface area contributed by atoms with E-state index < -0.39 is 21.6 Å². The molecule has 2 aromatic carbocycles. The number of hydrogen-bond donors (Lipinski definition) is 0. The number of halogens is 2. The Balaban J connectivity index is 2.04. The van der Waals surface area contributed by atoms with Crippen LogP contribution >= 0.6 is 23.2 Å². The fraction of sp³-hybridized carbons (Fsp3) is 0.227. The minimum Gasteiger partial charge on any atom is -0.403 e. The number of carbonyl (C=O) groups is 2. The summed E-state index contributed by atoms with van der Waals surface area (Å²) >= 11 is 12.0. The van der Waals surface area contributed by atoms with Gasteiger partial charge in [0, 0.05) is 23.9 Å². The summed E-state index contributed by atoms with van der Waals surface area (Å²) in [6, 6.07) is 5.85. The second kappa shape index (κ2) is 8.69. The van der Waals surface area contributed by atoms with Gasteiger partial charge in [-0.2, -0.15) is 5.10 Å². The number of aromatic nitrogens is 2. The van der Waals surface area contributed by atoms with Gasteiger partial charge >= 0.3 is 5.97 Å². The van der Waals surface area contributed by atoms with Crippen molar-refractivity contribution in [1.82, 2.24) is 9.78 Å². The van der Waals surface area contributed by atoms with Crippen LogP contribution in [0, 0.1) is 20.8 Å². The predicted molar refractivity (Wildman–Crippen MR) is 122 cm³/mol. The van der Waals surface area contributed by atoms with Gasteiger partial charge < -0.3 is 4.74 Å². The van der Waals surface area contributed by atoms with E-state index in [0.717, 1.165) is 6.26 Å². The second-order valence-electron chi connectivity index (χ2n) is 7.42. The summed E-state index contributed by atoms with van der Waals surface area (Å²) in [6.07, 6.45) is 2.42. The van der Waals surface area contributed by atoms with E-state index >= 15 is 0 Å². The van der Waals surface area contributed by atoms with Crippen molar-refractivity contribution < 1.29 is 22.7 Å². The van der Waals surface area contributed by atoms with E-state index in [4.69, 9.17) is 27.9 Å². The average Bonchev–Trinajstić information content (AvgIpc) is 3.03. The molecule has 0 radical (unpaired) electrons. The lowest BCUT2D eigenvalue weighted by Crippen LogP contribution is -2.15. The minimum atomic E-state index is -3.47. The zero-order valence-electron chi connectivity index (χ0n) is 18.0. The molecule has 1 heterocycles. The van der Waals surface area contributed by atoms with Crippen LogP contribution in [-0.2, 0) is 16.9 Å². The van der Waals surface area contributed by atoms with Gasteiger partial charge in [0.2, 0.25) is 5.88 Å². The molecule has 0 bridgehead atoms. The van der Waals surface area contributed by atoms with Crippen molar-refractivity contribution >= 4 is 44.8 Å². The number of hydrogen-bond acceptors (Lipinski definition) is 6. The molecule has 1 aromatic heterocycles. The van der Waals surface area contributed by atoms with Crippen LogP contribution in [0.5, 0.6) is 5.88 Å². The Morgan fingerprint density at radius 2 is 1.66 bits per heavy atom. The summed E-state index contributed by atoms with van der Waals surface area (Å²) in [7, 11) is -1.94. The first-order valence-electron chi connectivity index (χ1n) is 9.37. The quantitative estimate of drug-likeness (QED) is 0.382. The Labute approximate surface area is 195 Å². The molecule has 0 saturated heterocycles. The fourth-order valence-corrected chi connectivity index (χ4v) is 5.35. The van der Waals surface area contributed by atoms with E-state index in [1.807, 2.05) is 0 Å². The Kier molecular flexibility index (Phi) is 6.51. The molecule has 168 valence electrons. The molecule has 0 aliphatic rings. The van der Waals surface area contributed by atoms with Crippen LogP contribution in [0.25, 0.3) is 0 Å². The smallest absolute Gasteiger partial charge is 0.346 e. The molecule has 3 aromatic rings. The first-order chi connectivity index (χ1) is 14.8. The van der Waals surface area contributed by atoms with Crippen LogP contribution in [-0.4, -0.2) is 36.2 Å². The maximum Gasteiger partial charge on any atom is 0.346 e. The number of benzene rings is 2. The standard InChI is InChI=1S/C22H20Cl2N2O5S/c1-11-8-16(12(2)13(3)20(11)32(5,29)30)19(27)17-10-25-26(4)21(17)31-22(28)15-7-6-14(23)9-18(15)24/h6-10H,1-5H3. The molecule has 0 fully saturated rings. The van der Waals surface area contributed by atoms with Gasteiger partial charge in [-0.15, -0.1) is 0 Å². The molecule has 10 heteroatoms. The summed E-state index contributed by atoms with van der Waals surface area (Å²) in [6.45, 7) is 4.96. The van der Waals surface area contributed by atoms with Crippen LogP contribution < -0.4 is 4.74 Å². The summed E-state index contributed by atoms with van der Waals surface area (Å²) < 4.78 is 31.1. The van der Waals surface area contributed by atoms with Gasteiger partial charge in [-0.3, -0.25) is 4.79 Å². The van der Waals surface area contributed by atoms with Crippen molar-refractivity contribution in [3.05, 3.63) is 73.9 Å². The number of carbonyl (C=O) groups excluding carboxylic acids is 2. The fourth-order valence-electron chi connectivity index (χ4n) is 3.51. The van der Waals surface area contributed by atoms with Gasteiger partial charge in [0.25, 0.3) is 0 Å². The lowest BCUT2D eigenvalue weighted by molar-refractivity contribution is 0.0718. The summed E-state index contributed by atoms with van der Waals surface area (Å²) in [5, 5.41) is 4.52. The molecule has 0 N–H and O–H groups in total. The van der Waals surface area contributed by atoms with Crippen molar-refractivity contribution in [2.45, 2.75) is 25.7 Å². The highest BCUT2D eigenvalue weighted by Gasteiger charge is 2.27. The number of sulfone groups is 1. The van der Waals surface area contributed by atoms with Crippen molar-refractivity contribution in [1.29, 1.82) is 0 Å². The number of ether oxygens (including phenoxy) is 1. The molecule has 0 atom stereocenters. The van der Waals surface area contributed by atoms with Crippen molar-refractivity contribution in [3.63, 3.8) is 0 Å². The van der Waals surface area contributed by atoms with Crippen molar-refractivity contribution in [2.75, 3.05) is 6.26 Å². The molecule has 7 nitrogen and oxygen atoms in total. The lowest BCUT2D eigenvalue weighted by atomic mass is 9.95. The molecule has 0 unspecified atom stereocenters. The van der Waals surface area contributed by atoms with Crippen LogP contribution in [0.4, 0.5) is 0 Å². The van der Waals surface area contributed by atoms with Gasteiger partial charge in [-0.1, -0.05) is 23.2 Å². The van der Waals surface area contributed by atoms with E-state index in [0.29, 0.717) is 27.3 Å². The highest BCUT2D eigenvalue weighted by Crippen LogP contribution is 2.30. The maximum atomic E-state index is 13.4. The Hall–Kier alpha value is -2.68. The molecular weight excluding hydrogens is 475 g/mol. The third-order valence-electron chi connectivity index (χ3n) is 5.11. The Bertz CT molecular complexity index is 1380. The molecule has 3 rings (SSSR count). The van der Waals surface area contributed by atoms with Crippen LogP contribution in [0.3, 0.4) is 0 Å². The first kappa shape index (κ1) is 24.0. The van der Waals surface area contributed by atoms with Gasteiger partial charge in [0.15, 0.2) is 15.6 Å². The molecule has 0 aliphatic heterocycles. The average molecular weight is 495 g/mol. The molecule has 0 aliphatic carbocycles. The van der Waals surface area contributed by atoms with Gasteiger partial charge in [-0.05, 0) is 61.7 Å². The zero-order valence-corrected chi connectivity index (χ0v) is 20.3. The Morgan fingerprint density at radius 3 is 2.25 bits per heavy atom. The number of rotatable bonds is 5. The number of ketones is 1. The normalized spacial score (nSPS) is 11.5. The second-order valence-corrected chi connectivity index (χ2v) is 10.2. The van der Waals surface area contributed by atoms with Crippen LogP contribution in [0.1, 0.15) is 43.0 Å². The summed E-state index contributed by atoms with van der Waals surface area (Å²) in [5.74, 6) is -1.29. The lowest BCUT2D eigenvalue weighted by Gasteiger charge is -2.15. The van der Waals surface area contributed by atoms with Gasteiger partial charge in [-0.25, -0.2) is 17.9 Å². The van der Waals surface area contributed by atoms with Gasteiger partial charge in [0.05, 0.1) is 21.7 Å². The highest BCUT2D eigenvalue weighted by molar-refractivity contribution is 7.90. The van der Waals surface area contributed by atoms with Crippen molar-refractivity contribution in [2.24, 2.45) is 7.05 Å². The number of nitrogens with zero attached hydrogens (tertiary/aromatic N) is 2. The number of esters is 1. The summed E-state index contributed by atoms with van der Waals surface area (Å²) in [5.41, 5.74) is 1.89. The Morgan fingerprint density at radius 1 is 1.00 bits per heavy atom. The first-order valence-corrected chi connectivity index (χ1v) is 12.0. The number of aryl methyl sites for hydroxylation is 2. The molecule has 0 amide bonds. The van der Waals surface area contributed by atoms with Gasteiger partial charge in [0.1, 0.15) is 5.56 Å². The van der Waals surface area contributed by atoms with E-state index in [-0.39, 0.29) is 26.9 Å². The maximum absolute atomic E-state index is 13.4. The van der Waals surface area contributed by atoms with Crippen LogP contribution in [0.2, 0.25) is 10.0 Å². The summed E-state index contributed by atoms with van der Waals surface area (Å²) in [4.78, 5) is 26.2. The van der Waals surface area contributed by atoms with E-state index in [1.165, 1.54) is 42.2 Å². The van der Waals surface area contributed by atoms with E-state index in [2.05, 4.69) is 5.10 Å². The molecule has 32 heavy (non-hydrogen) atoms. The monoisotopic (exact) mass is 494 g/mol. The third-order valence-corrected chi connectivity index (χ3v) is 7.03. The minimum absolute atomic E-state index is 0.0555. The SMILES string of the molecule is Cc1cc(C(=O)c2cnn(C)c2OC(=O)c2ccc(Cl)cc2Cl)c(C)c(C)c1S(C)(=O)=O. The largest absolute Gasteiger partial charge is 0.403 e. The molecule has 0 spiro atoms. The topological polar surface area (TPSA) is 95.3 Å². The van der Waals surface area contributed by atoms with Crippen LogP contribution in [0.15, 0.2) is 35.4 Å². The molecular formula is C22H20Cl2N2O5S. The zero-order chi connectivity index (χ0) is 24.0. The highest BCUT2D eigenvalue weighted by atomic mass is 35.5.